The van der Waals surface area contributed by atoms with Gasteiger partial charge in [0.05, 0.1) is 5.75 Å². The van der Waals surface area contributed by atoms with E-state index in [1.807, 2.05) is 0 Å². The van der Waals surface area contributed by atoms with E-state index in [1.54, 1.807) is 0 Å². The normalized spacial score (nSPS) is 9.33. The number of rotatable bonds is 3. The third kappa shape index (κ3) is 1.85. The second-order valence-electron chi connectivity index (χ2n) is 1.22. The number of carbonyl (C=O) groups is 1. The van der Waals surface area contributed by atoms with Crippen molar-refractivity contribution in [3.05, 3.63) is 6.26 Å². The molecule has 0 atom stereocenters. The lowest BCUT2D eigenvalue weighted by molar-refractivity contribution is -0.105. The zero-order valence-corrected chi connectivity index (χ0v) is 5.30. The van der Waals surface area contributed by atoms with Crippen molar-refractivity contribution in [3.8, 4) is 0 Å². The van der Waals surface area contributed by atoms with E-state index >= 15 is 0 Å². The standard InChI is InChI=1S/C4H4N2O2S/c7-1-2-9-4-3-8-6-5-4/h1,3H,2H2. The van der Waals surface area contributed by atoms with Crippen LogP contribution in [0.3, 0.4) is 0 Å². The fourth-order valence-electron chi connectivity index (χ4n) is 0.338. The molecule has 0 N–H and O–H groups in total. The molecular formula is C4H4N2O2S. The molecule has 0 fully saturated rings. The minimum atomic E-state index is 0.397. The fourth-order valence-corrected chi connectivity index (χ4v) is 0.779. The summed E-state index contributed by atoms with van der Waals surface area (Å²) in [6.45, 7) is 0. The first-order chi connectivity index (χ1) is 4.43. The smallest absolute Gasteiger partial charge is 0.160 e. The first-order valence-corrected chi connectivity index (χ1v) is 3.25. The highest BCUT2D eigenvalue weighted by Crippen LogP contribution is 2.10. The molecule has 1 heterocycles. The van der Waals surface area contributed by atoms with Gasteiger partial charge in [0.25, 0.3) is 0 Å². The van der Waals surface area contributed by atoms with Crippen molar-refractivity contribution in [2.45, 2.75) is 5.03 Å². The van der Waals surface area contributed by atoms with Gasteiger partial charge in [0, 0.05) is 5.27 Å². The molecule has 0 amide bonds. The Kier molecular flexibility index (Phi) is 2.26. The van der Waals surface area contributed by atoms with Crippen molar-refractivity contribution in [1.29, 1.82) is 0 Å². The Bertz CT molecular complexity index is 175. The first-order valence-electron chi connectivity index (χ1n) is 2.27. The maximum Gasteiger partial charge on any atom is 0.160 e. The van der Waals surface area contributed by atoms with Crippen LogP contribution in [0.2, 0.25) is 0 Å². The minimum Gasteiger partial charge on any atom is -0.344 e. The highest BCUT2D eigenvalue weighted by molar-refractivity contribution is 7.99. The third-order valence-electron chi connectivity index (χ3n) is 0.639. The average Bonchev–Trinajstić information content (AvgIpc) is 2.34. The van der Waals surface area contributed by atoms with E-state index in [-0.39, 0.29) is 0 Å². The number of carbonyl (C=O) groups excluding carboxylic acids is 1. The summed E-state index contributed by atoms with van der Waals surface area (Å²) in [6.07, 6.45) is 2.20. The summed E-state index contributed by atoms with van der Waals surface area (Å²) in [5.74, 6) is 0.397. The van der Waals surface area contributed by atoms with Crippen LogP contribution in [0.5, 0.6) is 0 Å². The number of nitrogens with zero attached hydrogens (tertiary/aromatic N) is 2. The van der Waals surface area contributed by atoms with Gasteiger partial charge < -0.3 is 9.32 Å². The molecule has 0 bridgehead atoms. The molecule has 0 aromatic carbocycles. The minimum absolute atomic E-state index is 0.397. The van der Waals surface area contributed by atoms with Gasteiger partial charge in [0.15, 0.2) is 11.3 Å². The highest BCUT2D eigenvalue weighted by atomic mass is 32.2. The van der Waals surface area contributed by atoms with Crippen LogP contribution in [0.25, 0.3) is 0 Å². The van der Waals surface area contributed by atoms with Crippen LogP contribution in [0, 0.1) is 0 Å². The zero-order valence-electron chi connectivity index (χ0n) is 4.48. The lowest BCUT2D eigenvalue weighted by atomic mass is 10.9. The molecule has 0 aliphatic carbocycles. The molecule has 0 aliphatic heterocycles. The predicted molar refractivity (Wildman–Crippen MR) is 31.1 cm³/mol. The molecule has 0 spiro atoms. The molecule has 0 aliphatic rings. The maximum atomic E-state index is 9.80. The Labute approximate surface area is 55.6 Å². The Balaban J connectivity index is 2.38. The molecule has 1 aromatic rings. The van der Waals surface area contributed by atoms with Crippen LogP contribution in [0.15, 0.2) is 15.8 Å². The number of aromatic nitrogens is 2. The second-order valence-corrected chi connectivity index (χ2v) is 2.26. The summed E-state index contributed by atoms with van der Waals surface area (Å²) in [6, 6.07) is 0. The average molecular weight is 144 g/mol. The summed E-state index contributed by atoms with van der Waals surface area (Å²) in [5, 5.41) is 7.40. The van der Waals surface area contributed by atoms with E-state index in [9.17, 15) is 4.79 Å². The molecule has 0 saturated carbocycles. The quantitative estimate of drug-likeness (QED) is 0.453. The van der Waals surface area contributed by atoms with Gasteiger partial charge >= 0.3 is 0 Å². The maximum absolute atomic E-state index is 9.80. The van der Waals surface area contributed by atoms with Crippen LogP contribution in [0.4, 0.5) is 0 Å². The van der Waals surface area contributed by atoms with E-state index in [1.165, 1.54) is 18.0 Å². The van der Waals surface area contributed by atoms with Crippen molar-refractivity contribution >= 4 is 18.0 Å². The van der Waals surface area contributed by atoms with E-state index in [0.717, 1.165) is 6.29 Å². The van der Waals surface area contributed by atoms with Gasteiger partial charge in [-0.25, -0.2) is 0 Å². The summed E-state index contributed by atoms with van der Waals surface area (Å²) < 4.78 is 4.41. The summed E-state index contributed by atoms with van der Waals surface area (Å²) in [7, 11) is 0. The monoisotopic (exact) mass is 144 g/mol. The van der Waals surface area contributed by atoms with Gasteiger partial charge in [-0.2, -0.15) is 0 Å². The number of hydrogen-bond donors (Lipinski definition) is 0. The second kappa shape index (κ2) is 3.24. The Morgan fingerprint density at radius 1 is 1.89 bits per heavy atom. The van der Waals surface area contributed by atoms with Crippen molar-refractivity contribution in [3.63, 3.8) is 0 Å². The topological polar surface area (TPSA) is 56.0 Å². The molecule has 48 valence electrons. The molecule has 4 nitrogen and oxygen atoms in total. The van der Waals surface area contributed by atoms with Gasteiger partial charge in [-0.1, -0.05) is 11.8 Å². The van der Waals surface area contributed by atoms with Gasteiger partial charge in [-0.3, -0.25) is 0 Å². The van der Waals surface area contributed by atoms with E-state index in [0.29, 0.717) is 10.8 Å². The Hall–Kier alpha value is -0.840. The summed E-state index contributed by atoms with van der Waals surface area (Å²) in [5.41, 5.74) is 0. The number of thioether (sulfide) groups is 1. The number of aldehydes is 1. The van der Waals surface area contributed by atoms with Crippen LogP contribution in [-0.2, 0) is 4.79 Å². The van der Waals surface area contributed by atoms with Gasteiger partial charge in [-0.05, 0) is 0 Å². The predicted octanol–water partition coefficient (Wildman–Crippen LogP) is 0.361. The molecule has 0 unspecified atom stereocenters. The first kappa shape index (κ1) is 6.28. The van der Waals surface area contributed by atoms with Gasteiger partial charge in [-0.15, -0.1) is 5.10 Å². The van der Waals surface area contributed by atoms with Crippen molar-refractivity contribution in [2.24, 2.45) is 0 Å². The molecule has 0 radical (unpaired) electrons. The Morgan fingerprint density at radius 3 is 3.33 bits per heavy atom. The fraction of sp³-hybridized carbons (Fsp3) is 0.250. The molecule has 9 heavy (non-hydrogen) atoms. The SMILES string of the molecule is O=CCSc1conn1. The molecule has 5 heteroatoms. The lowest BCUT2D eigenvalue weighted by Gasteiger charge is -1.80. The Morgan fingerprint density at radius 2 is 2.78 bits per heavy atom. The van der Waals surface area contributed by atoms with Crippen molar-refractivity contribution < 1.29 is 9.32 Å². The van der Waals surface area contributed by atoms with Crippen molar-refractivity contribution in [2.75, 3.05) is 5.75 Å². The van der Waals surface area contributed by atoms with Crippen LogP contribution < -0.4 is 0 Å². The molecule has 1 aromatic heterocycles. The van der Waals surface area contributed by atoms with E-state index in [4.69, 9.17) is 0 Å². The zero-order chi connectivity index (χ0) is 6.53. The van der Waals surface area contributed by atoms with Crippen LogP contribution >= 0.6 is 11.8 Å². The summed E-state index contributed by atoms with van der Waals surface area (Å²) >= 11 is 1.29. The van der Waals surface area contributed by atoms with Crippen LogP contribution in [-0.4, -0.2) is 22.4 Å². The lowest BCUT2D eigenvalue weighted by Crippen LogP contribution is -1.77. The molecular weight excluding hydrogens is 140 g/mol. The number of hydrogen-bond acceptors (Lipinski definition) is 5. The molecule has 0 saturated heterocycles. The van der Waals surface area contributed by atoms with E-state index in [2.05, 4.69) is 14.9 Å². The third-order valence-corrected chi connectivity index (χ3v) is 1.42. The van der Waals surface area contributed by atoms with Gasteiger partial charge in [0.2, 0.25) is 0 Å². The molecule has 1 rings (SSSR count). The summed E-state index contributed by atoms with van der Waals surface area (Å²) in [4.78, 5) is 9.80. The van der Waals surface area contributed by atoms with Crippen molar-refractivity contribution in [1.82, 2.24) is 10.4 Å². The largest absolute Gasteiger partial charge is 0.344 e. The van der Waals surface area contributed by atoms with Gasteiger partial charge in [0.1, 0.15) is 6.29 Å². The van der Waals surface area contributed by atoms with Crippen LogP contribution in [0.1, 0.15) is 0 Å². The van der Waals surface area contributed by atoms with E-state index < -0.39 is 0 Å². The highest BCUT2D eigenvalue weighted by Gasteiger charge is 1.94.